The number of aliphatic carboxylic acids is 1. The molecule has 1 aromatic rings. The average Bonchev–Trinajstić information content (AvgIpc) is 2.85. The summed E-state index contributed by atoms with van der Waals surface area (Å²) in [6, 6.07) is 5.38. The Balaban J connectivity index is 2.21. The van der Waals surface area contributed by atoms with Gasteiger partial charge in [0.15, 0.2) is 0 Å². The number of likely N-dealkylation sites (tertiary alicyclic amines) is 1. The second kappa shape index (κ2) is 6.83. The summed E-state index contributed by atoms with van der Waals surface area (Å²) in [5, 5.41) is 8.70. The Hall–Kier alpha value is -2.05. The molecular formula is C17H20F3NO3. The zero-order valence-corrected chi connectivity index (χ0v) is 13.4. The average molecular weight is 343 g/mol. The minimum Gasteiger partial charge on any atom is -0.481 e. The number of carboxylic acid groups (broad SMARTS) is 1. The van der Waals surface area contributed by atoms with Crippen molar-refractivity contribution in [2.24, 2.45) is 0 Å². The number of carbonyl (C=O) groups excluding carboxylic acids is 1. The molecule has 1 heterocycles. The van der Waals surface area contributed by atoms with Crippen molar-refractivity contribution in [1.29, 1.82) is 0 Å². The van der Waals surface area contributed by atoms with Crippen molar-refractivity contribution in [2.45, 2.75) is 50.7 Å². The fourth-order valence-corrected chi connectivity index (χ4v) is 3.34. The molecule has 4 nitrogen and oxygen atoms in total. The van der Waals surface area contributed by atoms with Gasteiger partial charge in [0.2, 0.25) is 5.91 Å². The Morgan fingerprint density at radius 2 is 1.92 bits per heavy atom. The molecule has 1 amide bonds. The van der Waals surface area contributed by atoms with Gasteiger partial charge < -0.3 is 10.0 Å². The highest BCUT2D eigenvalue weighted by molar-refractivity contribution is 5.81. The van der Waals surface area contributed by atoms with E-state index in [2.05, 4.69) is 0 Å². The van der Waals surface area contributed by atoms with Gasteiger partial charge in [0, 0.05) is 18.5 Å². The number of carbonyl (C=O) groups is 2. The predicted octanol–water partition coefficient (Wildman–Crippen LogP) is 3.49. The van der Waals surface area contributed by atoms with Crippen molar-refractivity contribution in [3.8, 4) is 0 Å². The standard InChI is InChI=1S/C17H20F3NO3/c1-16(9-4-10-21(16)14(22)7-8-15(23)24)11-12-5-2-3-6-13(12)17(18,19)20/h2-3,5-6H,4,7-11H2,1H3,(H,23,24). The van der Waals surface area contributed by atoms with Crippen LogP contribution in [0.15, 0.2) is 24.3 Å². The molecule has 0 radical (unpaired) electrons. The molecule has 24 heavy (non-hydrogen) atoms. The van der Waals surface area contributed by atoms with Crippen LogP contribution in [0.2, 0.25) is 0 Å². The summed E-state index contributed by atoms with van der Waals surface area (Å²) in [6.07, 6.45) is -3.46. The molecule has 1 saturated heterocycles. The Labute approximate surface area is 138 Å². The summed E-state index contributed by atoms with van der Waals surface area (Å²) in [5.74, 6) is -1.38. The summed E-state index contributed by atoms with van der Waals surface area (Å²) in [6.45, 7) is 2.22. The van der Waals surface area contributed by atoms with Crippen LogP contribution in [0.5, 0.6) is 0 Å². The molecule has 7 heteroatoms. The molecule has 1 aliphatic rings. The van der Waals surface area contributed by atoms with Gasteiger partial charge in [0.1, 0.15) is 0 Å². The largest absolute Gasteiger partial charge is 0.481 e. The van der Waals surface area contributed by atoms with Crippen LogP contribution < -0.4 is 0 Å². The van der Waals surface area contributed by atoms with Crippen LogP contribution in [0.25, 0.3) is 0 Å². The maximum Gasteiger partial charge on any atom is 0.416 e. The lowest BCUT2D eigenvalue weighted by atomic mass is 9.87. The van der Waals surface area contributed by atoms with Gasteiger partial charge in [0.05, 0.1) is 12.0 Å². The molecule has 1 aliphatic heterocycles. The first-order chi connectivity index (χ1) is 11.1. The smallest absolute Gasteiger partial charge is 0.416 e. The van der Waals surface area contributed by atoms with Crippen molar-refractivity contribution in [1.82, 2.24) is 4.90 Å². The number of halogens is 3. The number of nitrogens with zero attached hydrogens (tertiary/aromatic N) is 1. The van der Waals surface area contributed by atoms with Gasteiger partial charge in [-0.25, -0.2) is 0 Å². The monoisotopic (exact) mass is 343 g/mol. The molecule has 1 unspecified atom stereocenters. The number of rotatable bonds is 5. The molecule has 1 fully saturated rings. The quantitative estimate of drug-likeness (QED) is 0.890. The molecule has 0 aromatic heterocycles. The molecule has 1 aromatic carbocycles. The van der Waals surface area contributed by atoms with Crippen molar-refractivity contribution in [3.05, 3.63) is 35.4 Å². The lowest BCUT2D eigenvalue weighted by molar-refractivity contribution is -0.142. The summed E-state index contributed by atoms with van der Waals surface area (Å²) < 4.78 is 39.5. The van der Waals surface area contributed by atoms with Gasteiger partial charge in [-0.2, -0.15) is 13.2 Å². The van der Waals surface area contributed by atoms with Crippen molar-refractivity contribution in [3.63, 3.8) is 0 Å². The highest BCUT2D eigenvalue weighted by atomic mass is 19.4. The van der Waals surface area contributed by atoms with Crippen molar-refractivity contribution in [2.75, 3.05) is 6.54 Å². The van der Waals surface area contributed by atoms with Gasteiger partial charge in [-0.15, -0.1) is 0 Å². The number of amides is 1. The van der Waals surface area contributed by atoms with E-state index in [0.717, 1.165) is 6.07 Å². The van der Waals surface area contributed by atoms with E-state index >= 15 is 0 Å². The van der Waals surface area contributed by atoms with E-state index in [1.54, 1.807) is 17.9 Å². The maximum atomic E-state index is 13.2. The Bertz CT molecular complexity index is 630. The number of hydrogen-bond donors (Lipinski definition) is 1. The Morgan fingerprint density at radius 1 is 1.25 bits per heavy atom. The maximum absolute atomic E-state index is 13.2. The molecule has 1 N–H and O–H groups in total. The number of carboxylic acids is 1. The topological polar surface area (TPSA) is 57.6 Å². The molecule has 0 saturated carbocycles. The second-order valence-electron chi connectivity index (χ2n) is 6.37. The molecule has 1 atom stereocenters. The van der Waals surface area contributed by atoms with Crippen LogP contribution >= 0.6 is 0 Å². The van der Waals surface area contributed by atoms with E-state index in [1.807, 2.05) is 0 Å². The summed E-state index contributed by atoms with van der Waals surface area (Å²) >= 11 is 0. The summed E-state index contributed by atoms with van der Waals surface area (Å²) in [4.78, 5) is 24.5. The minimum absolute atomic E-state index is 0.0987. The number of benzene rings is 1. The third-order valence-electron chi connectivity index (χ3n) is 4.50. The van der Waals surface area contributed by atoms with E-state index in [0.29, 0.717) is 19.4 Å². The second-order valence-corrected chi connectivity index (χ2v) is 6.37. The van der Waals surface area contributed by atoms with E-state index in [-0.39, 0.29) is 30.7 Å². The third kappa shape index (κ3) is 4.07. The molecule has 0 spiro atoms. The zero-order chi connectivity index (χ0) is 18.0. The first-order valence-corrected chi connectivity index (χ1v) is 7.81. The fourth-order valence-electron chi connectivity index (χ4n) is 3.34. The van der Waals surface area contributed by atoms with Crippen LogP contribution in [0.4, 0.5) is 13.2 Å². The molecular weight excluding hydrogens is 323 g/mol. The van der Waals surface area contributed by atoms with Gasteiger partial charge in [-0.3, -0.25) is 9.59 Å². The van der Waals surface area contributed by atoms with Crippen LogP contribution in [-0.2, 0) is 22.2 Å². The van der Waals surface area contributed by atoms with Crippen LogP contribution in [-0.4, -0.2) is 34.0 Å². The normalized spacial score (nSPS) is 21.1. The highest BCUT2D eigenvalue weighted by Gasteiger charge is 2.41. The SMILES string of the molecule is CC1(Cc2ccccc2C(F)(F)F)CCCN1C(=O)CCC(=O)O. The first-order valence-electron chi connectivity index (χ1n) is 7.81. The Kier molecular flexibility index (Phi) is 5.20. The van der Waals surface area contributed by atoms with Crippen molar-refractivity contribution >= 4 is 11.9 Å². The van der Waals surface area contributed by atoms with E-state index in [4.69, 9.17) is 5.11 Å². The van der Waals surface area contributed by atoms with Crippen molar-refractivity contribution < 1.29 is 27.9 Å². The first kappa shape index (κ1) is 18.3. The lowest BCUT2D eigenvalue weighted by Crippen LogP contribution is -2.47. The van der Waals surface area contributed by atoms with Gasteiger partial charge in [-0.1, -0.05) is 18.2 Å². The van der Waals surface area contributed by atoms with E-state index in [1.165, 1.54) is 12.1 Å². The zero-order valence-electron chi connectivity index (χ0n) is 13.4. The molecule has 2 rings (SSSR count). The van der Waals surface area contributed by atoms with E-state index in [9.17, 15) is 22.8 Å². The summed E-state index contributed by atoms with van der Waals surface area (Å²) in [5.41, 5.74) is -1.25. The Morgan fingerprint density at radius 3 is 2.54 bits per heavy atom. The van der Waals surface area contributed by atoms with Gasteiger partial charge in [0.25, 0.3) is 0 Å². The van der Waals surface area contributed by atoms with E-state index < -0.39 is 23.2 Å². The third-order valence-corrected chi connectivity index (χ3v) is 4.50. The van der Waals surface area contributed by atoms with Crippen LogP contribution in [0.1, 0.15) is 43.7 Å². The fraction of sp³-hybridized carbons (Fsp3) is 0.529. The predicted molar refractivity (Wildman–Crippen MR) is 81.4 cm³/mol. The number of hydrogen-bond acceptors (Lipinski definition) is 2. The lowest BCUT2D eigenvalue weighted by Gasteiger charge is -2.36. The van der Waals surface area contributed by atoms with Gasteiger partial charge >= 0.3 is 12.1 Å². The highest BCUT2D eigenvalue weighted by Crippen LogP contribution is 2.38. The van der Waals surface area contributed by atoms with Crippen LogP contribution in [0.3, 0.4) is 0 Å². The molecule has 132 valence electrons. The minimum atomic E-state index is -4.44. The molecule has 0 bridgehead atoms. The number of alkyl halides is 3. The summed E-state index contributed by atoms with van der Waals surface area (Å²) in [7, 11) is 0. The molecule has 0 aliphatic carbocycles. The van der Waals surface area contributed by atoms with Gasteiger partial charge in [-0.05, 0) is 37.8 Å². The van der Waals surface area contributed by atoms with Crippen LogP contribution in [0, 0.1) is 0 Å².